The van der Waals surface area contributed by atoms with Crippen LogP contribution in [-0.2, 0) is 0 Å². The van der Waals surface area contributed by atoms with Gasteiger partial charge in [-0.15, -0.1) is 11.3 Å². The third-order valence-electron chi connectivity index (χ3n) is 3.59. The first-order valence-electron chi connectivity index (χ1n) is 6.16. The minimum absolute atomic E-state index is 0.449. The highest BCUT2D eigenvalue weighted by Crippen LogP contribution is 2.44. The van der Waals surface area contributed by atoms with Crippen molar-refractivity contribution in [3.05, 3.63) is 39.9 Å². The van der Waals surface area contributed by atoms with Crippen molar-refractivity contribution in [2.45, 2.75) is 25.2 Å². The number of rotatable bonds is 1. The maximum Gasteiger partial charge on any atom is 0.436 e. The molecule has 0 radical (unpaired) electrons. The molecule has 112 valence electrons. The Balaban J connectivity index is 2.02. The third kappa shape index (κ3) is 2.31. The van der Waals surface area contributed by atoms with Crippen molar-refractivity contribution in [3.8, 4) is 0 Å². The van der Waals surface area contributed by atoms with Gasteiger partial charge in [-0.1, -0.05) is 11.6 Å². The van der Waals surface area contributed by atoms with Crippen LogP contribution in [-0.4, -0.2) is 17.0 Å². The lowest BCUT2D eigenvalue weighted by Crippen LogP contribution is -2.52. The molecule has 0 fully saturated rings. The van der Waals surface area contributed by atoms with Gasteiger partial charge in [-0.05, 0) is 41.6 Å². The largest absolute Gasteiger partial charge is 0.436 e. The predicted molar refractivity (Wildman–Crippen MR) is 78.3 cm³/mol. The Hall–Kier alpha value is -1.24. The number of aryl methyl sites for hydroxylation is 1. The lowest BCUT2D eigenvalue weighted by molar-refractivity contribution is -0.263. The van der Waals surface area contributed by atoms with Gasteiger partial charge in [0.05, 0.1) is 0 Å². The zero-order valence-electron chi connectivity index (χ0n) is 10.9. The average Bonchev–Trinajstić information content (AvgIpc) is 2.92. The van der Waals surface area contributed by atoms with Crippen LogP contribution in [0.3, 0.4) is 0 Å². The highest BCUT2D eigenvalue weighted by molar-refractivity contribution is 7.20. The monoisotopic (exact) mass is 333 g/mol. The average molecular weight is 334 g/mol. The molecule has 0 spiro atoms. The number of benzene rings is 1. The summed E-state index contributed by atoms with van der Waals surface area (Å²) in [4.78, 5) is 0.736. The molecule has 0 amide bonds. The van der Waals surface area contributed by atoms with Crippen LogP contribution >= 0.6 is 22.9 Å². The van der Waals surface area contributed by atoms with Crippen LogP contribution in [0.15, 0.2) is 24.4 Å². The molecule has 1 aliphatic heterocycles. The zero-order chi connectivity index (χ0) is 15.4. The smallest absolute Gasteiger partial charge is 0.363 e. The molecule has 1 aliphatic rings. The van der Waals surface area contributed by atoms with Gasteiger partial charge in [0.2, 0.25) is 5.72 Å². The first kappa shape index (κ1) is 14.7. The van der Waals surface area contributed by atoms with E-state index in [-0.39, 0.29) is 0 Å². The quantitative estimate of drug-likeness (QED) is 0.808. The molecule has 2 nitrogen and oxygen atoms in total. The molecule has 2 N–H and O–H groups in total. The van der Waals surface area contributed by atoms with Crippen LogP contribution in [0, 0.1) is 6.92 Å². The molecule has 1 atom stereocenters. The minimum Gasteiger partial charge on any atom is -0.363 e. The molecule has 2 heterocycles. The minimum atomic E-state index is -4.72. The number of halogens is 4. The summed E-state index contributed by atoms with van der Waals surface area (Å²) in [6.07, 6.45) is -3.98. The van der Waals surface area contributed by atoms with Gasteiger partial charge < -0.3 is 10.4 Å². The van der Waals surface area contributed by atoms with Crippen molar-refractivity contribution in [2.24, 2.45) is 0 Å². The van der Waals surface area contributed by atoms with E-state index >= 15 is 0 Å². The number of nitrogens with one attached hydrogen (secondary N) is 1. The molecule has 0 saturated carbocycles. The predicted octanol–water partition coefficient (Wildman–Crippen LogP) is 4.45. The molecule has 1 unspecified atom stereocenters. The molecule has 3 rings (SSSR count). The Morgan fingerprint density at radius 3 is 2.71 bits per heavy atom. The van der Waals surface area contributed by atoms with Gasteiger partial charge in [0.1, 0.15) is 0 Å². The Kier molecular flexibility index (Phi) is 3.24. The number of hydrogen-bond acceptors (Lipinski definition) is 3. The van der Waals surface area contributed by atoms with E-state index in [4.69, 9.17) is 11.6 Å². The Bertz CT molecular complexity index is 752. The van der Waals surface area contributed by atoms with Crippen LogP contribution in [0.2, 0.25) is 5.02 Å². The van der Waals surface area contributed by atoms with E-state index in [1.807, 2.05) is 13.0 Å². The van der Waals surface area contributed by atoms with Crippen LogP contribution < -0.4 is 5.32 Å². The van der Waals surface area contributed by atoms with Gasteiger partial charge in [0.25, 0.3) is 0 Å². The van der Waals surface area contributed by atoms with E-state index in [9.17, 15) is 18.3 Å². The normalized spacial score (nSPS) is 22.5. The van der Waals surface area contributed by atoms with Crippen molar-refractivity contribution in [2.75, 3.05) is 0 Å². The van der Waals surface area contributed by atoms with E-state index in [0.29, 0.717) is 10.6 Å². The van der Waals surface area contributed by atoms with Crippen molar-refractivity contribution >= 4 is 38.6 Å². The van der Waals surface area contributed by atoms with Gasteiger partial charge in [0, 0.05) is 27.2 Å². The maximum atomic E-state index is 12.8. The Morgan fingerprint density at radius 1 is 1.38 bits per heavy atom. The summed E-state index contributed by atoms with van der Waals surface area (Å²) < 4.78 is 39.5. The Labute approximate surface area is 127 Å². The summed E-state index contributed by atoms with van der Waals surface area (Å²) in [5, 5.41) is 13.2. The van der Waals surface area contributed by atoms with Crippen molar-refractivity contribution < 1.29 is 18.3 Å². The summed E-state index contributed by atoms with van der Waals surface area (Å²) >= 11 is 7.35. The van der Waals surface area contributed by atoms with Crippen molar-refractivity contribution in [1.29, 1.82) is 0 Å². The SMILES string of the molecule is Cc1c(C2=CNC(O)(C(F)(F)F)C2)sc2ccc(Cl)cc12. The number of alkyl halides is 3. The molecule has 0 saturated heterocycles. The second-order valence-electron chi connectivity index (χ2n) is 5.05. The van der Waals surface area contributed by atoms with Gasteiger partial charge in [-0.25, -0.2) is 0 Å². The number of aliphatic hydroxyl groups is 1. The van der Waals surface area contributed by atoms with E-state index in [1.54, 1.807) is 12.1 Å². The summed E-state index contributed by atoms with van der Waals surface area (Å²) in [6.45, 7) is 1.84. The molecular weight excluding hydrogens is 323 g/mol. The second-order valence-corrected chi connectivity index (χ2v) is 6.53. The molecular formula is C14H11ClF3NOS. The van der Waals surface area contributed by atoms with E-state index < -0.39 is 18.3 Å². The zero-order valence-corrected chi connectivity index (χ0v) is 12.5. The first-order valence-corrected chi connectivity index (χ1v) is 7.35. The molecule has 1 aromatic heterocycles. The summed E-state index contributed by atoms with van der Waals surface area (Å²) in [5.74, 6) is 0. The van der Waals surface area contributed by atoms with Gasteiger partial charge >= 0.3 is 6.18 Å². The summed E-state index contributed by atoms with van der Waals surface area (Å²) in [6, 6.07) is 5.39. The third-order valence-corrected chi connectivity index (χ3v) is 5.17. The van der Waals surface area contributed by atoms with Gasteiger partial charge in [-0.2, -0.15) is 13.2 Å². The van der Waals surface area contributed by atoms with E-state index in [2.05, 4.69) is 5.32 Å². The number of thiophene rings is 1. The molecule has 21 heavy (non-hydrogen) atoms. The highest BCUT2D eigenvalue weighted by Gasteiger charge is 2.56. The lowest BCUT2D eigenvalue weighted by atomic mass is 10.0. The second kappa shape index (κ2) is 4.63. The molecule has 0 aliphatic carbocycles. The lowest BCUT2D eigenvalue weighted by Gasteiger charge is -2.26. The fourth-order valence-electron chi connectivity index (χ4n) is 2.41. The fraction of sp³-hybridized carbons (Fsp3) is 0.286. The maximum absolute atomic E-state index is 12.8. The van der Waals surface area contributed by atoms with E-state index in [0.717, 1.165) is 20.5 Å². The summed E-state index contributed by atoms with van der Waals surface area (Å²) in [7, 11) is 0. The number of hydrogen-bond donors (Lipinski definition) is 2. The Morgan fingerprint density at radius 2 is 2.10 bits per heavy atom. The topological polar surface area (TPSA) is 32.3 Å². The number of fused-ring (bicyclic) bond motifs is 1. The molecule has 2 aromatic rings. The van der Waals surface area contributed by atoms with Crippen LogP contribution in [0.4, 0.5) is 13.2 Å². The van der Waals surface area contributed by atoms with Crippen molar-refractivity contribution in [3.63, 3.8) is 0 Å². The van der Waals surface area contributed by atoms with Crippen LogP contribution in [0.5, 0.6) is 0 Å². The van der Waals surface area contributed by atoms with E-state index in [1.165, 1.54) is 17.5 Å². The fourth-order valence-corrected chi connectivity index (χ4v) is 3.79. The van der Waals surface area contributed by atoms with Crippen molar-refractivity contribution in [1.82, 2.24) is 5.32 Å². The summed E-state index contributed by atoms with van der Waals surface area (Å²) in [5.41, 5.74) is -1.57. The van der Waals surface area contributed by atoms with Gasteiger partial charge in [0.15, 0.2) is 0 Å². The first-order chi connectivity index (χ1) is 9.71. The standard InChI is InChI=1S/C14H11ClF3NOS/c1-7-10-4-9(15)2-3-11(10)21-12(7)8-5-13(20,19-6-8)14(16,17)18/h2-4,6,19-20H,5H2,1H3. The molecule has 1 aromatic carbocycles. The highest BCUT2D eigenvalue weighted by atomic mass is 35.5. The van der Waals surface area contributed by atoms with Crippen LogP contribution in [0.1, 0.15) is 16.9 Å². The van der Waals surface area contributed by atoms with Gasteiger partial charge in [-0.3, -0.25) is 0 Å². The molecule has 7 heteroatoms. The molecule has 0 bridgehead atoms. The van der Waals surface area contributed by atoms with Crippen LogP contribution in [0.25, 0.3) is 15.7 Å².